The van der Waals surface area contributed by atoms with Crippen molar-refractivity contribution in [2.45, 2.75) is 66.2 Å². The van der Waals surface area contributed by atoms with Crippen LogP contribution in [0.15, 0.2) is 0 Å². The maximum Gasteiger partial charge on any atom is 0.212 e. The SMILES string of the molecule is CCCC([C]=O)(CCC)C(=O)CCC(C)C. The van der Waals surface area contributed by atoms with E-state index in [0.29, 0.717) is 25.2 Å². The third kappa shape index (κ3) is 4.46. The Morgan fingerprint density at radius 3 is 2.00 bits per heavy atom. The van der Waals surface area contributed by atoms with Gasteiger partial charge in [0.05, 0.1) is 5.41 Å². The van der Waals surface area contributed by atoms with Gasteiger partial charge in [-0.1, -0.05) is 40.5 Å². The third-order valence-electron chi connectivity index (χ3n) is 3.03. The molecule has 16 heavy (non-hydrogen) atoms. The van der Waals surface area contributed by atoms with Gasteiger partial charge in [0.25, 0.3) is 0 Å². The Morgan fingerprint density at radius 2 is 1.69 bits per heavy atom. The van der Waals surface area contributed by atoms with Gasteiger partial charge in [-0.3, -0.25) is 9.59 Å². The molecule has 0 aliphatic carbocycles. The summed E-state index contributed by atoms with van der Waals surface area (Å²) in [5.74, 6) is 0.608. The molecule has 2 heteroatoms. The highest BCUT2D eigenvalue weighted by molar-refractivity contribution is 5.98. The molecule has 0 aromatic rings. The largest absolute Gasteiger partial charge is 0.299 e. The molecule has 0 saturated carbocycles. The van der Waals surface area contributed by atoms with Gasteiger partial charge in [-0.15, -0.1) is 0 Å². The fourth-order valence-electron chi connectivity index (χ4n) is 2.08. The number of hydrogen-bond donors (Lipinski definition) is 0. The lowest BCUT2D eigenvalue weighted by molar-refractivity contribution is -0.126. The summed E-state index contributed by atoms with van der Waals surface area (Å²) >= 11 is 0. The average Bonchev–Trinajstić information content (AvgIpc) is 2.25. The maximum absolute atomic E-state index is 12.1. The molecular formula is C14H25O2. The van der Waals surface area contributed by atoms with Gasteiger partial charge in [0.2, 0.25) is 6.29 Å². The number of rotatable bonds is 9. The van der Waals surface area contributed by atoms with Crippen molar-refractivity contribution in [2.75, 3.05) is 0 Å². The Hall–Kier alpha value is -0.660. The molecule has 1 radical (unpaired) electrons. The molecule has 0 heterocycles. The molecule has 0 aromatic carbocycles. The summed E-state index contributed by atoms with van der Waals surface area (Å²) in [6.45, 7) is 8.22. The van der Waals surface area contributed by atoms with Gasteiger partial charge in [0.15, 0.2) is 0 Å². The minimum absolute atomic E-state index is 0.0971. The van der Waals surface area contributed by atoms with E-state index in [2.05, 4.69) is 13.8 Å². The maximum atomic E-state index is 12.1. The first-order valence-corrected chi connectivity index (χ1v) is 6.45. The molecule has 0 atom stereocenters. The number of Topliss-reactive ketones (excluding diaryl/α,β-unsaturated/α-hetero) is 1. The Kier molecular flexibility index (Phi) is 7.27. The summed E-state index contributed by atoms with van der Waals surface area (Å²) in [6, 6.07) is 0. The monoisotopic (exact) mass is 225 g/mol. The molecule has 0 unspecified atom stereocenters. The topological polar surface area (TPSA) is 34.1 Å². The van der Waals surface area contributed by atoms with Crippen LogP contribution in [0.5, 0.6) is 0 Å². The van der Waals surface area contributed by atoms with Gasteiger partial charge >= 0.3 is 0 Å². The zero-order valence-corrected chi connectivity index (χ0v) is 11.1. The Morgan fingerprint density at radius 1 is 1.19 bits per heavy atom. The van der Waals surface area contributed by atoms with Gasteiger partial charge in [-0.25, -0.2) is 0 Å². The van der Waals surface area contributed by atoms with Gasteiger partial charge in [0.1, 0.15) is 5.78 Å². The van der Waals surface area contributed by atoms with Crippen LogP contribution in [0.1, 0.15) is 66.2 Å². The molecule has 0 rings (SSSR count). The molecule has 0 fully saturated rings. The fourth-order valence-corrected chi connectivity index (χ4v) is 2.08. The van der Waals surface area contributed by atoms with Crippen LogP contribution in [0.3, 0.4) is 0 Å². The first-order valence-electron chi connectivity index (χ1n) is 6.45. The second kappa shape index (κ2) is 7.59. The lowest BCUT2D eigenvalue weighted by Crippen LogP contribution is -2.33. The van der Waals surface area contributed by atoms with E-state index in [1.807, 2.05) is 20.1 Å². The predicted octanol–water partition coefficient (Wildman–Crippen LogP) is 3.69. The first-order chi connectivity index (χ1) is 7.52. The van der Waals surface area contributed by atoms with Crippen molar-refractivity contribution in [3.8, 4) is 0 Å². The Bertz CT molecular complexity index is 213. The van der Waals surface area contributed by atoms with Gasteiger partial charge in [-0.2, -0.15) is 0 Å². The second-order valence-electron chi connectivity index (χ2n) is 5.04. The normalized spacial score (nSPS) is 11.8. The summed E-state index contributed by atoms with van der Waals surface area (Å²) in [7, 11) is 0. The molecule has 2 nitrogen and oxygen atoms in total. The first kappa shape index (κ1) is 15.3. The highest BCUT2D eigenvalue weighted by atomic mass is 16.1. The summed E-state index contributed by atoms with van der Waals surface area (Å²) in [5, 5.41) is 0. The second-order valence-corrected chi connectivity index (χ2v) is 5.04. The summed E-state index contributed by atoms with van der Waals surface area (Å²) in [4.78, 5) is 23.3. The third-order valence-corrected chi connectivity index (χ3v) is 3.03. The Labute approximate surface area is 99.8 Å². The van der Waals surface area contributed by atoms with E-state index < -0.39 is 5.41 Å². The van der Waals surface area contributed by atoms with Crippen LogP contribution < -0.4 is 0 Å². The zero-order valence-electron chi connectivity index (χ0n) is 11.1. The van der Waals surface area contributed by atoms with Crippen LogP contribution in [0.2, 0.25) is 0 Å². The van der Waals surface area contributed by atoms with Crippen LogP contribution in [-0.4, -0.2) is 12.1 Å². The van der Waals surface area contributed by atoms with Crippen LogP contribution in [0.4, 0.5) is 0 Å². The number of carbonyl (C=O) groups excluding carboxylic acids is 2. The van der Waals surface area contributed by atoms with Crippen molar-refractivity contribution in [2.24, 2.45) is 11.3 Å². The van der Waals surface area contributed by atoms with E-state index in [9.17, 15) is 9.59 Å². The molecule has 0 N–H and O–H groups in total. The predicted molar refractivity (Wildman–Crippen MR) is 67.0 cm³/mol. The number of carbonyl (C=O) groups is 1. The van der Waals surface area contributed by atoms with E-state index in [1.165, 1.54) is 0 Å². The minimum atomic E-state index is -0.807. The van der Waals surface area contributed by atoms with Crippen LogP contribution in [0, 0.1) is 11.3 Å². The smallest absolute Gasteiger partial charge is 0.212 e. The molecule has 0 spiro atoms. The summed E-state index contributed by atoms with van der Waals surface area (Å²) in [6.07, 6.45) is 6.47. The van der Waals surface area contributed by atoms with Crippen LogP contribution >= 0.6 is 0 Å². The van der Waals surface area contributed by atoms with E-state index in [1.54, 1.807) is 0 Å². The molecular weight excluding hydrogens is 200 g/mol. The van der Waals surface area contributed by atoms with Gasteiger partial charge in [-0.05, 0) is 25.2 Å². The van der Waals surface area contributed by atoms with Crippen LogP contribution in [-0.2, 0) is 9.59 Å². The zero-order chi connectivity index (χ0) is 12.6. The molecule has 0 amide bonds. The lowest BCUT2D eigenvalue weighted by Gasteiger charge is -2.25. The summed E-state index contributed by atoms with van der Waals surface area (Å²) in [5.41, 5.74) is -0.807. The number of ketones is 1. The standard InChI is InChI=1S/C14H25O2/c1-5-9-14(11-15,10-6-2)13(16)8-7-12(3)4/h12H,5-10H2,1-4H3. The van der Waals surface area contributed by atoms with Gasteiger partial charge in [0, 0.05) is 6.42 Å². The van der Waals surface area contributed by atoms with E-state index in [4.69, 9.17) is 0 Å². The molecule has 93 valence electrons. The minimum Gasteiger partial charge on any atom is -0.299 e. The van der Waals surface area contributed by atoms with Crippen molar-refractivity contribution in [1.29, 1.82) is 0 Å². The van der Waals surface area contributed by atoms with Crippen LogP contribution in [0.25, 0.3) is 0 Å². The van der Waals surface area contributed by atoms with E-state index in [-0.39, 0.29) is 5.78 Å². The van der Waals surface area contributed by atoms with Crippen molar-refractivity contribution in [1.82, 2.24) is 0 Å². The quantitative estimate of drug-likeness (QED) is 0.561. The Balaban J connectivity index is 4.58. The van der Waals surface area contributed by atoms with Crippen molar-refractivity contribution in [3.63, 3.8) is 0 Å². The van der Waals surface area contributed by atoms with Crippen molar-refractivity contribution < 1.29 is 9.59 Å². The average molecular weight is 225 g/mol. The molecule has 0 saturated heterocycles. The lowest BCUT2D eigenvalue weighted by atomic mass is 9.75. The van der Waals surface area contributed by atoms with E-state index >= 15 is 0 Å². The number of hydrogen-bond acceptors (Lipinski definition) is 2. The van der Waals surface area contributed by atoms with Crippen molar-refractivity contribution in [3.05, 3.63) is 0 Å². The fraction of sp³-hybridized carbons (Fsp3) is 0.857. The van der Waals surface area contributed by atoms with E-state index in [0.717, 1.165) is 19.3 Å². The van der Waals surface area contributed by atoms with Gasteiger partial charge < -0.3 is 0 Å². The van der Waals surface area contributed by atoms with Crippen molar-refractivity contribution >= 4 is 12.1 Å². The highest BCUT2D eigenvalue weighted by Crippen LogP contribution is 2.31. The molecule has 0 aliphatic heterocycles. The molecule has 0 aliphatic rings. The highest BCUT2D eigenvalue weighted by Gasteiger charge is 2.36. The molecule has 0 aromatic heterocycles. The summed E-state index contributed by atoms with van der Waals surface area (Å²) < 4.78 is 0. The molecule has 0 bridgehead atoms.